The average Bonchev–Trinajstić information content (AvgIpc) is 2.51. The number of fused-ring (bicyclic) bond motifs is 1. The third kappa shape index (κ3) is 2.63. The lowest BCUT2D eigenvalue weighted by atomic mass is 9.97. The molecule has 1 aliphatic rings. The van der Waals surface area contributed by atoms with Crippen LogP contribution in [0.3, 0.4) is 0 Å². The van der Waals surface area contributed by atoms with Gasteiger partial charge in [-0.2, -0.15) is 0 Å². The molecule has 3 rings (SSSR count). The fourth-order valence-electron chi connectivity index (χ4n) is 2.24. The third-order valence-electron chi connectivity index (χ3n) is 3.33. The van der Waals surface area contributed by atoms with Crippen molar-refractivity contribution in [2.45, 2.75) is 11.3 Å². The number of hydrogen-bond acceptors (Lipinski definition) is 6. The van der Waals surface area contributed by atoms with Crippen molar-refractivity contribution in [3.63, 3.8) is 0 Å². The number of halogens is 2. The summed E-state index contributed by atoms with van der Waals surface area (Å²) in [4.78, 5) is 8.66. The van der Waals surface area contributed by atoms with Gasteiger partial charge in [-0.1, -0.05) is 35.0 Å². The molecule has 0 aliphatic carbocycles. The molecule has 0 spiro atoms. The first kappa shape index (κ1) is 15.4. The number of nitrogen functional groups attached to an aromatic ring is 1. The van der Waals surface area contributed by atoms with Crippen LogP contribution in [0.4, 0.5) is 11.5 Å². The number of nitrogens with two attached hydrogens (primary N) is 2. The van der Waals surface area contributed by atoms with Gasteiger partial charge in [-0.05, 0) is 30.0 Å². The van der Waals surface area contributed by atoms with Crippen LogP contribution in [0.1, 0.15) is 11.1 Å². The average molecular weight is 354 g/mol. The van der Waals surface area contributed by atoms with Gasteiger partial charge in [-0.25, -0.2) is 9.97 Å². The lowest BCUT2D eigenvalue weighted by Gasteiger charge is -2.26. The van der Waals surface area contributed by atoms with E-state index in [0.29, 0.717) is 32.3 Å². The zero-order chi connectivity index (χ0) is 15.9. The van der Waals surface area contributed by atoms with Gasteiger partial charge in [0.05, 0.1) is 10.7 Å². The first-order chi connectivity index (χ1) is 10.5. The summed E-state index contributed by atoms with van der Waals surface area (Å²) in [5.41, 5.74) is 14.7. The van der Waals surface area contributed by atoms with Crippen LogP contribution < -0.4 is 16.8 Å². The molecule has 1 aliphatic heterocycles. The second-order valence-electron chi connectivity index (χ2n) is 4.71. The topological polar surface area (TPSA) is 89.8 Å². The van der Waals surface area contributed by atoms with E-state index in [-0.39, 0.29) is 0 Å². The van der Waals surface area contributed by atoms with Crippen LogP contribution in [-0.2, 0) is 0 Å². The highest BCUT2D eigenvalue weighted by atomic mass is 35.5. The van der Waals surface area contributed by atoms with E-state index in [4.69, 9.17) is 34.7 Å². The number of nitrogens with zero attached hydrogens (tertiary/aromatic N) is 2. The van der Waals surface area contributed by atoms with Gasteiger partial charge in [0.1, 0.15) is 12.0 Å². The summed E-state index contributed by atoms with van der Waals surface area (Å²) in [7, 11) is 0. The Morgan fingerprint density at radius 3 is 2.82 bits per heavy atom. The summed E-state index contributed by atoms with van der Waals surface area (Å²) in [5.74, 6) is 0.687. The Morgan fingerprint density at radius 1 is 1.32 bits per heavy atom. The molecule has 114 valence electrons. The monoisotopic (exact) mass is 353 g/mol. The summed E-state index contributed by atoms with van der Waals surface area (Å²) < 4.78 is 0. The van der Waals surface area contributed by atoms with Gasteiger partial charge in [0, 0.05) is 22.3 Å². The second-order valence-corrected chi connectivity index (χ2v) is 6.27. The van der Waals surface area contributed by atoms with Crippen molar-refractivity contribution in [2.24, 2.45) is 5.73 Å². The van der Waals surface area contributed by atoms with E-state index in [2.05, 4.69) is 15.3 Å². The number of nitrogens with one attached hydrogen (secondary N) is 1. The van der Waals surface area contributed by atoms with E-state index in [0.717, 1.165) is 11.1 Å². The first-order valence-corrected chi connectivity index (χ1v) is 8.38. The molecular formula is C14H13Cl2N5S. The quantitative estimate of drug-likeness (QED) is 0.435. The smallest absolute Gasteiger partial charge is 0.189 e. The minimum Gasteiger partial charge on any atom is -0.398 e. The van der Waals surface area contributed by atoms with Crippen molar-refractivity contribution in [2.75, 3.05) is 17.3 Å². The maximum Gasteiger partial charge on any atom is 0.189 e. The van der Waals surface area contributed by atoms with Gasteiger partial charge in [-0.15, -0.1) is 0 Å². The molecule has 0 saturated heterocycles. The maximum absolute atomic E-state index is 6.30. The number of aromatic nitrogens is 2. The van der Waals surface area contributed by atoms with Gasteiger partial charge >= 0.3 is 0 Å². The standard InChI is InChI=1S/C14H13Cl2N5S/c1-22-14-19-5-6-4-7(12(18)20-13(6)21-14)10-8(15)2-3-9(17)11(10)16/h2-5,12H,17-18H2,1H3,(H,19,20,21). The molecule has 8 heteroatoms. The molecule has 1 atom stereocenters. The van der Waals surface area contributed by atoms with Gasteiger partial charge in [0.25, 0.3) is 0 Å². The third-order valence-corrected chi connectivity index (χ3v) is 4.61. The minimum atomic E-state index is -0.492. The molecule has 0 saturated carbocycles. The molecule has 1 aromatic carbocycles. The van der Waals surface area contributed by atoms with E-state index in [1.54, 1.807) is 18.3 Å². The lowest BCUT2D eigenvalue weighted by Crippen LogP contribution is -2.34. The fourth-order valence-corrected chi connectivity index (χ4v) is 3.17. The number of anilines is 2. The largest absolute Gasteiger partial charge is 0.398 e. The van der Waals surface area contributed by atoms with Crippen molar-refractivity contribution in [1.29, 1.82) is 0 Å². The highest BCUT2D eigenvalue weighted by molar-refractivity contribution is 7.98. The highest BCUT2D eigenvalue weighted by Gasteiger charge is 2.24. The zero-order valence-electron chi connectivity index (χ0n) is 11.6. The zero-order valence-corrected chi connectivity index (χ0v) is 13.9. The van der Waals surface area contributed by atoms with Crippen molar-refractivity contribution in [1.82, 2.24) is 9.97 Å². The van der Waals surface area contributed by atoms with E-state index >= 15 is 0 Å². The normalized spacial score (nSPS) is 16.7. The molecule has 1 unspecified atom stereocenters. The summed E-state index contributed by atoms with van der Waals surface area (Å²) in [6.45, 7) is 0. The number of hydrogen-bond donors (Lipinski definition) is 3. The van der Waals surface area contributed by atoms with Gasteiger partial charge in [0.15, 0.2) is 5.16 Å². The number of rotatable bonds is 2. The molecular weight excluding hydrogens is 341 g/mol. The fraction of sp³-hybridized carbons (Fsp3) is 0.143. The number of thioether (sulfide) groups is 1. The van der Waals surface area contributed by atoms with Crippen LogP contribution in [0, 0.1) is 0 Å². The van der Waals surface area contributed by atoms with Crippen LogP contribution in [0.2, 0.25) is 10.0 Å². The molecule has 2 aromatic rings. The summed E-state index contributed by atoms with van der Waals surface area (Å²) in [5, 5.41) is 4.70. The van der Waals surface area contributed by atoms with Crippen LogP contribution in [0.5, 0.6) is 0 Å². The van der Waals surface area contributed by atoms with Gasteiger partial charge in [0.2, 0.25) is 0 Å². The molecule has 2 heterocycles. The molecule has 0 amide bonds. The van der Waals surface area contributed by atoms with Crippen molar-refractivity contribution in [3.05, 3.63) is 39.5 Å². The van der Waals surface area contributed by atoms with Gasteiger partial charge in [-0.3, -0.25) is 0 Å². The Labute approximate surface area is 142 Å². The predicted molar refractivity (Wildman–Crippen MR) is 94.2 cm³/mol. The van der Waals surface area contributed by atoms with Crippen molar-refractivity contribution >= 4 is 58.1 Å². The Kier molecular flexibility index (Phi) is 4.18. The lowest BCUT2D eigenvalue weighted by molar-refractivity contribution is 0.897. The summed E-state index contributed by atoms with van der Waals surface area (Å²) >= 11 is 14.0. The SMILES string of the molecule is CSc1ncc2c(n1)NC(N)C(c1c(Cl)ccc(N)c1Cl)=C2. The molecule has 5 N–H and O–H groups in total. The Bertz CT molecular complexity index is 778. The Morgan fingerprint density at radius 2 is 2.09 bits per heavy atom. The molecule has 5 nitrogen and oxygen atoms in total. The molecule has 0 fully saturated rings. The summed E-state index contributed by atoms with van der Waals surface area (Å²) in [6, 6.07) is 3.37. The molecule has 22 heavy (non-hydrogen) atoms. The van der Waals surface area contributed by atoms with Crippen LogP contribution in [-0.4, -0.2) is 22.4 Å². The van der Waals surface area contributed by atoms with Crippen molar-refractivity contribution < 1.29 is 0 Å². The van der Waals surface area contributed by atoms with E-state index in [1.165, 1.54) is 11.8 Å². The summed E-state index contributed by atoms with van der Waals surface area (Å²) in [6.07, 6.45) is 5.04. The Balaban J connectivity index is 2.15. The van der Waals surface area contributed by atoms with Crippen LogP contribution in [0.15, 0.2) is 23.5 Å². The first-order valence-electron chi connectivity index (χ1n) is 6.40. The number of benzene rings is 1. The Hall–Kier alpha value is -1.47. The van der Waals surface area contributed by atoms with E-state index in [1.807, 2.05) is 12.3 Å². The second kappa shape index (κ2) is 5.96. The predicted octanol–water partition coefficient (Wildman–Crippen LogP) is 3.34. The molecule has 0 bridgehead atoms. The highest BCUT2D eigenvalue weighted by Crippen LogP contribution is 2.39. The van der Waals surface area contributed by atoms with E-state index in [9.17, 15) is 0 Å². The van der Waals surface area contributed by atoms with Crippen LogP contribution in [0.25, 0.3) is 11.6 Å². The molecule has 0 radical (unpaired) electrons. The van der Waals surface area contributed by atoms with E-state index < -0.39 is 6.17 Å². The van der Waals surface area contributed by atoms with Gasteiger partial charge < -0.3 is 16.8 Å². The minimum absolute atomic E-state index is 0.390. The maximum atomic E-state index is 6.30. The van der Waals surface area contributed by atoms with Crippen LogP contribution >= 0.6 is 35.0 Å². The molecule has 1 aromatic heterocycles. The van der Waals surface area contributed by atoms with Crippen molar-refractivity contribution in [3.8, 4) is 0 Å².